The molecular formula is C26H26F3N3O4. The fourth-order valence-electron chi connectivity index (χ4n) is 4.39. The van der Waals surface area contributed by atoms with Crippen LogP contribution in [0.2, 0.25) is 0 Å². The maximum Gasteiger partial charge on any atom is 0.418 e. The molecule has 1 aliphatic rings. The number of rotatable bonds is 7. The minimum atomic E-state index is -4.75. The number of carbonyl (C=O) groups excluding carboxylic acids is 1. The van der Waals surface area contributed by atoms with E-state index in [1.54, 1.807) is 18.2 Å². The molecule has 1 aliphatic carbocycles. The normalized spacial score (nSPS) is 12.8. The van der Waals surface area contributed by atoms with Crippen molar-refractivity contribution in [2.75, 3.05) is 19.5 Å². The topological polar surface area (TPSA) is 82.5 Å². The summed E-state index contributed by atoms with van der Waals surface area (Å²) in [5.41, 5.74) is 0.124. The number of hydrogen-bond donors (Lipinski definition) is 1. The molecule has 1 N–H and O–H groups in total. The Balaban J connectivity index is 1.97. The molecule has 1 aromatic heterocycles. The first-order chi connectivity index (χ1) is 17.2. The lowest BCUT2D eigenvalue weighted by Gasteiger charge is -2.18. The maximum atomic E-state index is 14.0. The van der Waals surface area contributed by atoms with E-state index in [2.05, 4.69) is 10.4 Å². The lowest BCUT2D eigenvalue weighted by molar-refractivity contribution is -0.137. The van der Waals surface area contributed by atoms with Gasteiger partial charge < -0.3 is 14.8 Å². The van der Waals surface area contributed by atoms with E-state index in [9.17, 15) is 22.8 Å². The summed E-state index contributed by atoms with van der Waals surface area (Å²) >= 11 is 0. The van der Waals surface area contributed by atoms with Crippen LogP contribution in [0.5, 0.6) is 11.5 Å². The molecule has 3 aromatic rings. The van der Waals surface area contributed by atoms with Crippen molar-refractivity contribution < 1.29 is 27.4 Å². The van der Waals surface area contributed by atoms with Gasteiger partial charge in [0.25, 0.3) is 5.56 Å². The molecule has 1 heterocycles. The standard InChI is InChI=1S/C26H26F3N3O4/c1-4-6-23(33)30-16-9-10-21(26(27,28)29)22(13-16)32-25(34)20-8-5-7-19(20)24(31-32)15-11-17(35-2)14-18(12-15)36-3/h9-14H,4-8H2,1-3H3,(H,30,33). The summed E-state index contributed by atoms with van der Waals surface area (Å²) in [6, 6.07) is 8.24. The molecule has 7 nitrogen and oxygen atoms in total. The predicted octanol–water partition coefficient (Wildman–Crippen LogP) is 5.16. The third-order valence-corrected chi connectivity index (χ3v) is 6.07. The first-order valence-corrected chi connectivity index (χ1v) is 11.6. The SMILES string of the molecule is CCCC(=O)Nc1ccc(C(F)(F)F)c(-n2nc(-c3cc(OC)cc(OC)c3)c3c(c2=O)CCC3)c1. The van der Waals surface area contributed by atoms with E-state index in [1.807, 2.05) is 6.92 Å². The number of methoxy groups -OCH3 is 2. The van der Waals surface area contributed by atoms with Crippen molar-refractivity contribution in [3.63, 3.8) is 0 Å². The molecule has 0 atom stereocenters. The van der Waals surface area contributed by atoms with Crippen molar-refractivity contribution in [1.82, 2.24) is 9.78 Å². The van der Waals surface area contributed by atoms with Gasteiger partial charge in [0.05, 0.1) is 31.2 Å². The van der Waals surface area contributed by atoms with Crippen LogP contribution in [0.3, 0.4) is 0 Å². The zero-order chi connectivity index (χ0) is 26.0. The lowest BCUT2D eigenvalue weighted by Crippen LogP contribution is -2.28. The average Bonchev–Trinajstić information content (AvgIpc) is 3.34. The second kappa shape index (κ2) is 10.0. The summed E-state index contributed by atoms with van der Waals surface area (Å²) in [4.78, 5) is 25.5. The number of ether oxygens (including phenoxy) is 2. The van der Waals surface area contributed by atoms with Crippen molar-refractivity contribution in [2.45, 2.75) is 45.2 Å². The van der Waals surface area contributed by atoms with Crippen LogP contribution in [0.25, 0.3) is 16.9 Å². The van der Waals surface area contributed by atoms with E-state index in [0.717, 1.165) is 16.8 Å². The largest absolute Gasteiger partial charge is 0.497 e. The fraction of sp³-hybridized carbons (Fsp3) is 0.346. The summed E-state index contributed by atoms with van der Waals surface area (Å²) in [6.45, 7) is 1.82. The van der Waals surface area contributed by atoms with Gasteiger partial charge >= 0.3 is 6.18 Å². The maximum absolute atomic E-state index is 14.0. The molecule has 0 saturated carbocycles. The van der Waals surface area contributed by atoms with Crippen LogP contribution in [0.4, 0.5) is 18.9 Å². The highest BCUT2D eigenvalue weighted by Crippen LogP contribution is 2.37. The zero-order valence-electron chi connectivity index (χ0n) is 20.2. The third kappa shape index (κ3) is 4.93. The molecular weight excluding hydrogens is 475 g/mol. The molecule has 2 aromatic carbocycles. The summed E-state index contributed by atoms with van der Waals surface area (Å²) < 4.78 is 53.5. The van der Waals surface area contributed by atoms with Gasteiger partial charge in [0.2, 0.25) is 5.91 Å². The number of alkyl halides is 3. The Bertz CT molecular complexity index is 1340. The Morgan fingerprint density at radius 2 is 1.72 bits per heavy atom. The second-order valence-electron chi connectivity index (χ2n) is 8.51. The number of halogens is 3. The van der Waals surface area contributed by atoms with Gasteiger partial charge in [0.15, 0.2) is 0 Å². The molecule has 36 heavy (non-hydrogen) atoms. The summed E-state index contributed by atoms with van der Waals surface area (Å²) in [5.74, 6) is 0.626. The highest BCUT2D eigenvalue weighted by Gasteiger charge is 2.35. The zero-order valence-corrected chi connectivity index (χ0v) is 20.2. The van der Waals surface area contributed by atoms with Gasteiger partial charge in [0, 0.05) is 29.3 Å². The van der Waals surface area contributed by atoms with Gasteiger partial charge in [-0.2, -0.15) is 23.0 Å². The molecule has 4 rings (SSSR count). The van der Waals surface area contributed by atoms with Crippen LogP contribution in [0.15, 0.2) is 41.2 Å². The third-order valence-electron chi connectivity index (χ3n) is 6.07. The summed E-state index contributed by atoms with van der Waals surface area (Å²) in [7, 11) is 2.98. The molecule has 0 bridgehead atoms. The van der Waals surface area contributed by atoms with Crippen LogP contribution in [0.1, 0.15) is 42.9 Å². The molecule has 0 fully saturated rings. The second-order valence-corrected chi connectivity index (χ2v) is 8.51. The van der Waals surface area contributed by atoms with Gasteiger partial charge in [-0.05, 0) is 61.6 Å². The van der Waals surface area contributed by atoms with Gasteiger partial charge in [0.1, 0.15) is 11.5 Å². The summed E-state index contributed by atoms with van der Waals surface area (Å²) in [6.07, 6.45) is -2.26. The predicted molar refractivity (Wildman–Crippen MR) is 129 cm³/mol. The van der Waals surface area contributed by atoms with Crippen LogP contribution in [-0.2, 0) is 23.8 Å². The number of anilines is 1. The van der Waals surface area contributed by atoms with Crippen molar-refractivity contribution in [3.8, 4) is 28.4 Å². The fourth-order valence-corrected chi connectivity index (χ4v) is 4.39. The number of nitrogens with one attached hydrogen (secondary N) is 1. The lowest BCUT2D eigenvalue weighted by atomic mass is 10.0. The van der Waals surface area contributed by atoms with Crippen molar-refractivity contribution in [2.24, 2.45) is 0 Å². The van der Waals surface area contributed by atoms with Crippen LogP contribution in [-0.4, -0.2) is 29.9 Å². The summed E-state index contributed by atoms with van der Waals surface area (Å²) in [5, 5.41) is 7.04. The van der Waals surface area contributed by atoms with Gasteiger partial charge in [-0.3, -0.25) is 9.59 Å². The van der Waals surface area contributed by atoms with E-state index in [4.69, 9.17) is 9.47 Å². The van der Waals surface area contributed by atoms with Crippen molar-refractivity contribution in [3.05, 3.63) is 63.4 Å². The molecule has 0 radical (unpaired) electrons. The van der Waals surface area contributed by atoms with E-state index < -0.39 is 23.0 Å². The molecule has 190 valence electrons. The Kier molecular flexibility index (Phi) is 7.05. The Morgan fingerprint density at radius 1 is 1.06 bits per heavy atom. The van der Waals surface area contributed by atoms with Gasteiger partial charge in [-0.25, -0.2) is 0 Å². The minimum Gasteiger partial charge on any atom is -0.497 e. The number of nitrogens with zero attached hydrogens (tertiary/aromatic N) is 2. The quantitative estimate of drug-likeness (QED) is 0.484. The number of hydrogen-bond acceptors (Lipinski definition) is 5. The van der Waals surface area contributed by atoms with E-state index in [0.29, 0.717) is 59.6 Å². The average molecular weight is 502 g/mol. The Labute approximate surface area is 205 Å². The van der Waals surface area contributed by atoms with Crippen LogP contribution < -0.4 is 20.3 Å². The molecule has 0 unspecified atom stereocenters. The smallest absolute Gasteiger partial charge is 0.418 e. The number of aromatic nitrogens is 2. The Hall–Kier alpha value is -3.82. The molecule has 0 spiro atoms. The van der Waals surface area contributed by atoms with Crippen molar-refractivity contribution >= 4 is 11.6 Å². The van der Waals surface area contributed by atoms with Gasteiger partial charge in [-0.15, -0.1) is 0 Å². The first kappa shape index (κ1) is 25.3. The van der Waals surface area contributed by atoms with E-state index in [1.165, 1.54) is 20.3 Å². The number of amides is 1. The highest BCUT2D eigenvalue weighted by molar-refractivity contribution is 5.91. The minimum absolute atomic E-state index is 0.148. The first-order valence-electron chi connectivity index (χ1n) is 11.6. The Morgan fingerprint density at radius 3 is 2.33 bits per heavy atom. The molecule has 1 amide bonds. The van der Waals surface area contributed by atoms with Crippen LogP contribution >= 0.6 is 0 Å². The van der Waals surface area contributed by atoms with E-state index in [-0.39, 0.29) is 18.0 Å². The van der Waals surface area contributed by atoms with Crippen molar-refractivity contribution in [1.29, 1.82) is 0 Å². The monoisotopic (exact) mass is 501 g/mol. The van der Waals surface area contributed by atoms with Crippen LogP contribution in [0, 0.1) is 0 Å². The molecule has 0 aliphatic heterocycles. The van der Waals surface area contributed by atoms with E-state index >= 15 is 0 Å². The number of benzene rings is 2. The molecule has 10 heteroatoms. The number of fused-ring (bicyclic) bond motifs is 1. The number of carbonyl (C=O) groups is 1. The van der Waals surface area contributed by atoms with Gasteiger partial charge in [-0.1, -0.05) is 6.92 Å². The molecule has 0 saturated heterocycles. The highest BCUT2D eigenvalue weighted by atomic mass is 19.4.